The van der Waals surface area contributed by atoms with Crippen LogP contribution in [0.2, 0.25) is 0 Å². The first-order valence-electron chi connectivity index (χ1n) is 19.8. The molecule has 1 spiro atoms. The highest BCUT2D eigenvalue weighted by atomic mass is 32.2. The van der Waals surface area contributed by atoms with Crippen LogP contribution in [0.5, 0.6) is 11.5 Å². The average Bonchev–Trinajstić information content (AvgIpc) is 4.07. The van der Waals surface area contributed by atoms with Crippen LogP contribution in [0.1, 0.15) is 109 Å². The number of sulfonamides is 1. The summed E-state index contributed by atoms with van der Waals surface area (Å²) in [5.41, 5.74) is -2.67. The number of methoxy groups -OCH3 is 1. The molecule has 0 radical (unpaired) electrons. The molecule has 1 saturated heterocycles. The molecule has 3 fully saturated rings. The van der Waals surface area contributed by atoms with Gasteiger partial charge in [-0.15, -0.1) is 0 Å². The Kier molecular flexibility index (Phi) is 10.9. The monoisotopic (exact) mass is 815 g/mol. The molecule has 2 aromatic rings. The second-order valence-electron chi connectivity index (χ2n) is 16.5. The first-order chi connectivity index (χ1) is 27.0. The van der Waals surface area contributed by atoms with E-state index >= 15 is 0 Å². The number of carbonyl (C=O) groups is 4. The summed E-state index contributed by atoms with van der Waals surface area (Å²) < 4.78 is 74.4. The van der Waals surface area contributed by atoms with Gasteiger partial charge in [0.15, 0.2) is 5.75 Å². The smallest absolute Gasteiger partial charge is 0.408 e. The maximum absolute atomic E-state index is 14.7. The van der Waals surface area contributed by atoms with Crippen LogP contribution in [0.15, 0.2) is 30.4 Å². The van der Waals surface area contributed by atoms with Gasteiger partial charge in [-0.05, 0) is 89.8 Å². The second kappa shape index (κ2) is 15.3. The first-order valence-corrected chi connectivity index (χ1v) is 21.3. The zero-order valence-corrected chi connectivity index (χ0v) is 33.5. The summed E-state index contributed by atoms with van der Waals surface area (Å²) in [7, 11) is -2.56. The predicted molar refractivity (Wildman–Crippen MR) is 204 cm³/mol. The van der Waals surface area contributed by atoms with Gasteiger partial charge in [0.05, 0.1) is 23.9 Å². The fraction of sp³-hybridized carbons (Fsp3) is 0.625. The Morgan fingerprint density at radius 3 is 2.61 bits per heavy atom. The van der Waals surface area contributed by atoms with Crippen LogP contribution in [-0.2, 0) is 35.6 Å². The molecule has 3 N–H and O–H groups in total. The number of hydrogen-bond acceptors (Lipinski definition) is 10. The number of hydrogen-bond donors (Lipinski definition) is 3. The number of allylic oxidation sites excluding steroid dienone is 1. The molecule has 1 aromatic heterocycles. The van der Waals surface area contributed by atoms with Gasteiger partial charge in [-0.3, -0.25) is 19.1 Å². The molecule has 0 bridgehead atoms. The summed E-state index contributed by atoms with van der Waals surface area (Å²) in [4.78, 5) is 61.9. The Balaban J connectivity index is 1.26. The first kappa shape index (κ1) is 40.6. The molecule has 4 heterocycles. The van der Waals surface area contributed by atoms with E-state index in [0.717, 1.165) is 6.42 Å². The number of alkyl halides is 2. The van der Waals surface area contributed by atoms with Crippen LogP contribution in [0.25, 0.3) is 10.9 Å². The number of aromatic nitrogens is 1. The van der Waals surface area contributed by atoms with Gasteiger partial charge in [-0.2, -0.15) is 0 Å². The van der Waals surface area contributed by atoms with Gasteiger partial charge >= 0.3 is 6.09 Å². The minimum atomic E-state index is -4.05. The zero-order chi connectivity index (χ0) is 40.9. The van der Waals surface area contributed by atoms with Crippen molar-refractivity contribution in [2.45, 2.75) is 138 Å². The quantitative estimate of drug-likeness (QED) is 0.302. The van der Waals surface area contributed by atoms with Crippen LogP contribution >= 0.6 is 0 Å². The third-order valence-electron chi connectivity index (χ3n) is 12.4. The number of pyridine rings is 1. The summed E-state index contributed by atoms with van der Waals surface area (Å²) in [6.45, 7) is 4.93. The third-order valence-corrected chi connectivity index (χ3v) is 14.6. The Labute approximate surface area is 330 Å². The minimum absolute atomic E-state index is 0.124. The summed E-state index contributed by atoms with van der Waals surface area (Å²) in [5, 5.41) is 6.13. The van der Waals surface area contributed by atoms with E-state index in [9.17, 15) is 36.4 Å². The number of fused-ring (bicyclic) bond motifs is 5. The van der Waals surface area contributed by atoms with Crippen LogP contribution in [0.4, 0.5) is 13.6 Å². The molecule has 7 rings (SSSR count). The SMILES string of the molecule is CCC(C)OC(=O)NC1CCCCCC=CC2CC2(C(=O)NS(=O)(=O)C2(C)CC2)NC(=O)C2CC3(CCc4c(c(C(F)F)nc5ccc(OC)cc45)O3)CN2C1=O. The number of nitrogens with one attached hydrogen (secondary N) is 3. The molecule has 14 nitrogen and oxygen atoms in total. The number of ether oxygens (including phenoxy) is 3. The minimum Gasteiger partial charge on any atom is -0.497 e. The van der Waals surface area contributed by atoms with Crippen molar-refractivity contribution in [3.63, 3.8) is 0 Å². The topological polar surface area (TPSA) is 182 Å². The fourth-order valence-electron chi connectivity index (χ4n) is 8.25. The Hall–Kier alpha value is -4.54. The maximum atomic E-state index is 14.7. The molecule has 6 atom stereocenters. The average molecular weight is 816 g/mol. The Bertz CT molecular complexity index is 2100. The standard InChI is InChI=1S/C40H51F2N5O9S/c1-5-23(2)55-37(51)44-29-12-10-8-6-7-9-11-24-20-40(24,36(50)46-57(52,53)38(3)17-18-38)45-34(48)30-21-39(22-47(30)35(29)49)16-15-26-27-19-25(54-4)13-14-28(27)43-31(33(41)42)32(26)56-39/h9,11,13-14,19,23-24,29-30,33H,5-8,10,12,15-18,20-22H2,1-4H3,(H,44,51)(H,45,48)(H,46,50). The molecule has 5 aliphatic rings. The lowest BCUT2D eigenvalue weighted by atomic mass is 9.87. The van der Waals surface area contributed by atoms with Crippen molar-refractivity contribution in [1.29, 1.82) is 0 Å². The van der Waals surface area contributed by atoms with Crippen molar-refractivity contribution >= 4 is 44.7 Å². The van der Waals surface area contributed by atoms with Gasteiger partial charge in [0.25, 0.3) is 12.3 Å². The number of benzene rings is 1. The van der Waals surface area contributed by atoms with Crippen molar-refractivity contribution < 1.29 is 50.6 Å². The number of amides is 4. The highest BCUT2D eigenvalue weighted by molar-refractivity contribution is 7.91. The van der Waals surface area contributed by atoms with Crippen molar-refractivity contribution in [3.8, 4) is 11.5 Å². The molecule has 1 aromatic carbocycles. The number of rotatable bonds is 8. The number of carbonyl (C=O) groups excluding carboxylic acids is 4. The maximum Gasteiger partial charge on any atom is 0.408 e. The molecular formula is C40H51F2N5O9S. The lowest BCUT2D eigenvalue weighted by Crippen LogP contribution is -2.58. The number of aryl methyl sites for hydroxylation is 1. The van der Waals surface area contributed by atoms with Crippen molar-refractivity contribution in [2.24, 2.45) is 5.92 Å². The van der Waals surface area contributed by atoms with Gasteiger partial charge in [0.1, 0.15) is 40.8 Å². The molecule has 2 saturated carbocycles. The van der Waals surface area contributed by atoms with E-state index in [1.54, 1.807) is 32.0 Å². The van der Waals surface area contributed by atoms with Crippen molar-refractivity contribution in [1.82, 2.24) is 25.2 Å². The largest absolute Gasteiger partial charge is 0.497 e. The van der Waals surface area contributed by atoms with Gasteiger partial charge < -0.3 is 29.7 Å². The number of nitrogens with zero attached hydrogens (tertiary/aromatic N) is 2. The molecule has 2 aliphatic carbocycles. The lowest BCUT2D eigenvalue weighted by molar-refractivity contribution is -0.141. The van der Waals surface area contributed by atoms with E-state index in [1.165, 1.54) is 12.0 Å². The molecule has 17 heteroatoms. The van der Waals surface area contributed by atoms with Crippen LogP contribution in [0.3, 0.4) is 0 Å². The van der Waals surface area contributed by atoms with E-state index in [1.807, 2.05) is 19.1 Å². The van der Waals surface area contributed by atoms with Crippen LogP contribution in [-0.4, -0.2) is 89.8 Å². The molecule has 4 amide bonds. The summed E-state index contributed by atoms with van der Waals surface area (Å²) >= 11 is 0. The van der Waals surface area contributed by atoms with E-state index in [0.29, 0.717) is 60.7 Å². The normalized spacial score (nSPS) is 28.8. The van der Waals surface area contributed by atoms with E-state index < -0.39 is 85.9 Å². The van der Waals surface area contributed by atoms with Gasteiger partial charge in [-0.1, -0.05) is 31.9 Å². The Morgan fingerprint density at radius 2 is 1.91 bits per heavy atom. The number of halogens is 2. The highest BCUT2D eigenvalue weighted by Gasteiger charge is 2.64. The fourth-order valence-corrected chi connectivity index (χ4v) is 9.56. The Morgan fingerprint density at radius 1 is 1.14 bits per heavy atom. The molecule has 310 valence electrons. The zero-order valence-electron chi connectivity index (χ0n) is 32.7. The van der Waals surface area contributed by atoms with E-state index in [4.69, 9.17) is 14.2 Å². The van der Waals surface area contributed by atoms with Gasteiger partial charge in [0, 0.05) is 23.3 Å². The summed E-state index contributed by atoms with van der Waals surface area (Å²) in [6.07, 6.45) is 4.20. The highest BCUT2D eigenvalue weighted by Crippen LogP contribution is 2.50. The lowest BCUT2D eigenvalue weighted by Gasteiger charge is -2.37. The predicted octanol–water partition coefficient (Wildman–Crippen LogP) is 5.13. The molecule has 6 unspecified atom stereocenters. The second-order valence-corrected chi connectivity index (χ2v) is 18.7. The van der Waals surface area contributed by atoms with E-state index in [2.05, 4.69) is 20.3 Å². The van der Waals surface area contributed by atoms with Crippen LogP contribution < -0.4 is 24.8 Å². The van der Waals surface area contributed by atoms with Gasteiger partial charge in [-0.25, -0.2) is 27.0 Å². The summed E-state index contributed by atoms with van der Waals surface area (Å²) in [5.74, 6) is -2.33. The van der Waals surface area contributed by atoms with Crippen molar-refractivity contribution in [3.05, 3.63) is 41.6 Å². The molecule has 57 heavy (non-hydrogen) atoms. The van der Waals surface area contributed by atoms with E-state index in [-0.39, 0.29) is 44.4 Å². The van der Waals surface area contributed by atoms with Gasteiger partial charge in [0.2, 0.25) is 21.8 Å². The van der Waals surface area contributed by atoms with Crippen molar-refractivity contribution in [2.75, 3.05) is 13.7 Å². The third kappa shape index (κ3) is 7.87. The number of alkyl carbamates (subject to hydrolysis) is 1. The summed E-state index contributed by atoms with van der Waals surface area (Å²) in [6, 6.07) is 2.55. The molecule has 3 aliphatic heterocycles. The van der Waals surface area contributed by atoms with Crippen LogP contribution in [0, 0.1) is 5.92 Å². The molecular weight excluding hydrogens is 765 g/mol.